The number of amides is 2. The van der Waals surface area contributed by atoms with Crippen LogP contribution in [0.25, 0.3) is 0 Å². The van der Waals surface area contributed by atoms with Gasteiger partial charge in [-0.25, -0.2) is 4.79 Å². The molecule has 8 heavy (non-hydrogen) atoms. The van der Waals surface area contributed by atoms with Gasteiger partial charge in [0, 0.05) is 0 Å². The Morgan fingerprint density at radius 3 is 2.38 bits per heavy atom. The van der Waals surface area contributed by atoms with Crippen LogP contribution < -0.4 is 5.32 Å². The van der Waals surface area contributed by atoms with Gasteiger partial charge >= 0.3 is 6.03 Å². The first kappa shape index (κ1) is 5.21. The molecule has 0 aromatic rings. The van der Waals surface area contributed by atoms with E-state index in [9.17, 15) is 4.79 Å². The maximum Gasteiger partial charge on any atom is 0.361 e. The molecule has 0 fully saturated rings. The minimum absolute atomic E-state index is 0.352. The van der Waals surface area contributed by atoms with Crippen molar-refractivity contribution in [3.8, 4) is 0 Å². The highest BCUT2D eigenvalue weighted by molar-refractivity contribution is 5.76. The molecule has 1 rings (SSSR count). The van der Waals surface area contributed by atoms with Gasteiger partial charge in [0.15, 0.2) is 0 Å². The average Bonchev–Trinajstić information content (AvgIpc) is 1.82. The van der Waals surface area contributed by atoms with Crippen LogP contribution in [0, 0.1) is 0 Å². The van der Waals surface area contributed by atoms with Crippen molar-refractivity contribution >= 4 is 6.03 Å². The summed E-state index contributed by atoms with van der Waals surface area (Å²) in [6, 6.07) is -0.352. The second kappa shape index (κ2) is 1.27. The highest BCUT2D eigenvalue weighted by atomic mass is 16.2. The topological polar surface area (TPSA) is 53.8 Å². The molecule has 2 amide bonds. The molecule has 0 aromatic carbocycles. The first-order valence-electron chi connectivity index (χ1n) is 2.35. The molecule has 1 aliphatic heterocycles. The molecule has 4 heteroatoms. The molecule has 0 unspecified atom stereocenters. The van der Waals surface area contributed by atoms with Crippen LogP contribution in [0.4, 0.5) is 4.79 Å². The maximum atomic E-state index is 10.3. The van der Waals surface area contributed by atoms with Crippen LogP contribution in [0.2, 0.25) is 0 Å². The third-order valence-electron chi connectivity index (χ3n) is 0.804. The zero-order chi connectivity index (χ0) is 6.20. The van der Waals surface area contributed by atoms with Crippen molar-refractivity contribution in [2.24, 2.45) is 10.2 Å². The van der Waals surface area contributed by atoms with Crippen molar-refractivity contribution in [1.29, 1.82) is 0 Å². The molecular formula is C4H7N3O. The lowest BCUT2D eigenvalue weighted by atomic mass is 10.3. The normalized spacial score (nSPS) is 23.5. The molecule has 0 saturated carbocycles. The first-order chi connectivity index (χ1) is 3.60. The van der Waals surface area contributed by atoms with Gasteiger partial charge < -0.3 is 5.32 Å². The molecule has 0 bridgehead atoms. The number of hydrogen-bond acceptors (Lipinski definition) is 2. The SMILES string of the molecule is CC1(C)N=NC(=O)N1. The Kier molecular flexibility index (Phi) is 0.829. The van der Waals surface area contributed by atoms with Gasteiger partial charge in [-0.15, -0.1) is 0 Å². The second-order valence-electron chi connectivity index (χ2n) is 2.19. The average molecular weight is 113 g/mol. The molecule has 0 aromatic heterocycles. The standard InChI is InChI=1S/C4H7N3O/c1-4(2)5-3(8)6-7-4/h1-2H3,(H,5,8). The lowest BCUT2D eigenvalue weighted by Gasteiger charge is -2.09. The first-order valence-corrected chi connectivity index (χ1v) is 2.35. The van der Waals surface area contributed by atoms with E-state index >= 15 is 0 Å². The van der Waals surface area contributed by atoms with Gasteiger partial charge in [0.1, 0.15) is 5.66 Å². The molecule has 0 saturated heterocycles. The number of urea groups is 1. The fourth-order valence-electron chi connectivity index (χ4n) is 0.482. The van der Waals surface area contributed by atoms with Crippen LogP contribution in [0.5, 0.6) is 0 Å². The Hall–Kier alpha value is -0.930. The van der Waals surface area contributed by atoms with E-state index in [0.717, 1.165) is 0 Å². The smallest absolute Gasteiger partial charge is 0.309 e. The van der Waals surface area contributed by atoms with Crippen LogP contribution in [0.3, 0.4) is 0 Å². The molecule has 0 aliphatic carbocycles. The van der Waals surface area contributed by atoms with Crippen molar-refractivity contribution in [1.82, 2.24) is 5.32 Å². The molecule has 1 heterocycles. The summed E-state index contributed by atoms with van der Waals surface area (Å²) in [7, 11) is 0. The number of nitrogens with one attached hydrogen (secondary N) is 1. The van der Waals surface area contributed by atoms with E-state index in [2.05, 4.69) is 15.5 Å². The Morgan fingerprint density at radius 2 is 2.25 bits per heavy atom. The predicted octanol–water partition coefficient (Wildman–Crippen LogP) is 0.898. The number of hydrogen-bond donors (Lipinski definition) is 1. The van der Waals surface area contributed by atoms with Crippen LogP contribution in [0.1, 0.15) is 13.8 Å². The fourth-order valence-corrected chi connectivity index (χ4v) is 0.482. The predicted molar refractivity (Wildman–Crippen MR) is 27.5 cm³/mol. The Bertz CT molecular complexity index is 149. The van der Waals surface area contributed by atoms with Gasteiger partial charge in [-0.3, -0.25) is 0 Å². The lowest BCUT2D eigenvalue weighted by molar-refractivity contribution is 0.247. The summed E-state index contributed by atoms with van der Waals surface area (Å²) < 4.78 is 0. The summed E-state index contributed by atoms with van der Waals surface area (Å²) in [5, 5.41) is 9.40. The van der Waals surface area contributed by atoms with Crippen LogP contribution in [-0.2, 0) is 0 Å². The van der Waals surface area contributed by atoms with E-state index in [-0.39, 0.29) is 6.03 Å². The lowest BCUT2D eigenvalue weighted by Crippen LogP contribution is -2.34. The highest BCUT2D eigenvalue weighted by Gasteiger charge is 2.24. The van der Waals surface area contributed by atoms with Gasteiger partial charge in [-0.2, -0.15) is 5.11 Å². The monoisotopic (exact) mass is 113 g/mol. The zero-order valence-corrected chi connectivity index (χ0v) is 4.80. The number of rotatable bonds is 0. The summed E-state index contributed by atoms with van der Waals surface area (Å²) in [6.07, 6.45) is 0. The highest BCUT2D eigenvalue weighted by Crippen LogP contribution is 2.10. The van der Waals surface area contributed by atoms with E-state index < -0.39 is 5.66 Å². The molecule has 4 nitrogen and oxygen atoms in total. The fraction of sp³-hybridized carbons (Fsp3) is 0.750. The molecule has 0 radical (unpaired) electrons. The summed E-state index contributed by atoms with van der Waals surface area (Å²) in [5.41, 5.74) is -0.475. The van der Waals surface area contributed by atoms with Crippen LogP contribution >= 0.6 is 0 Å². The molecule has 0 spiro atoms. The Labute approximate surface area is 47.0 Å². The van der Waals surface area contributed by atoms with Gasteiger partial charge in [-0.05, 0) is 13.8 Å². The van der Waals surface area contributed by atoms with E-state index in [0.29, 0.717) is 0 Å². The maximum absolute atomic E-state index is 10.3. The largest absolute Gasteiger partial charge is 0.361 e. The third-order valence-corrected chi connectivity index (χ3v) is 0.804. The Balaban J connectivity index is 2.72. The van der Waals surface area contributed by atoms with Gasteiger partial charge in [0.05, 0.1) is 0 Å². The van der Waals surface area contributed by atoms with Gasteiger partial charge in [-0.1, -0.05) is 5.11 Å². The minimum Gasteiger partial charge on any atom is -0.309 e. The van der Waals surface area contributed by atoms with E-state index in [1.54, 1.807) is 13.8 Å². The molecule has 1 aliphatic rings. The minimum atomic E-state index is -0.475. The quantitative estimate of drug-likeness (QED) is 0.498. The van der Waals surface area contributed by atoms with Crippen LogP contribution in [0.15, 0.2) is 10.2 Å². The third kappa shape index (κ3) is 0.828. The molecule has 1 N–H and O–H groups in total. The van der Waals surface area contributed by atoms with Crippen LogP contribution in [-0.4, -0.2) is 11.7 Å². The van der Waals surface area contributed by atoms with Crippen molar-refractivity contribution in [2.45, 2.75) is 19.5 Å². The van der Waals surface area contributed by atoms with E-state index in [1.165, 1.54) is 0 Å². The second-order valence-corrected chi connectivity index (χ2v) is 2.19. The van der Waals surface area contributed by atoms with E-state index in [1.807, 2.05) is 0 Å². The molecular weight excluding hydrogens is 106 g/mol. The van der Waals surface area contributed by atoms with Crippen molar-refractivity contribution in [3.05, 3.63) is 0 Å². The zero-order valence-electron chi connectivity index (χ0n) is 4.80. The summed E-state index contributed by atoms with van der Waals surface area (Å²) in [6.45, 7) is 3.56. The van der Waals surface area contributed by atoms with Gasteiger partial charge in [0.25, 0.3) is 0 Å². The van der Waals surface area contributed by atoms with Crippen molar-refractivity contribution in [3.63, 3.8) is 0 Å². The number of nitrogens with zero attached hydrogens (tertiary/aromatic N) is 2. The number of carbonyl (C=O) groups is 1. The summed E-state index contributed by atoms with van der Waals surface area (Å²) in [4.78, 5) is 10.3. The van der Waals surface area contributed by atoms with Gasteiger partial charge in [0.2, 0.25) is 0 Å². The number of carbonyl (C=O) groups excluding carboxylic acids is 1. The van der Waals surface area contributed by atoms with Crippen molar-refractivity contribution in [2.75, 3.05) is 0 Å². The summed E-state index contributed by atoms with van der Waals surface area (Å²) >= 11 is 0. The van der Waals surface area contributed by atoms with Crippen molar-refractivity contribution < 1.29 is 4.79 Å². The number of azo groups is 1. The summed E-state index contributed by atoms with van der Waals surface area (Å²) in [5.74, 6) is 0. The molecule has 0 atom stereocenters. The Morgan fingerprint density at radius 1 is 1.62 bits per heavy atom. The molecule has 44 valence electrons. The van der Waals surface area contributed by atoms with E-state index in [4.69, 9.17) is 0 Å².